The number of aromatic nitrogens is 1. The lowest BCUT2D eigenvalue weighted by molar-refractivity contribution is -0.120. The van der Waals surface area contributed by atoms with Gasteiger partial charge in [0, 0.05) is 30.2 Å². The lowest BCUT2D eigenvalue weighted by Gasteiger charge is -2.14. The van der Waals surface area contributed by atoms with Crippen LogP contribution < -0.4 is 5.32 Å². The van der Waals surface area contributed by atoms with Gasteiger partial charge in [-0.1, -0.05) is 49.4 Å². The van der Waals surface area contributed by atoms with Gasteiger partial charge in [-0.25, -0.2) is 0 Å². The van der Waals surface area contributed by atoms with E-state index in [9.17, 15) is 4.79 Å². The molecule has 0 spiro atoms. The summed E-state index contributed by atoms with van der Waals surface area (Å²) in [6.45, 7) is 6.24. The highest BCUT2D eigenvalue weighted by molar-refractivity contribution is 5.89. The van der Waals surface area contributed by atoms with Gasteiger partial charge in [-0.15, -0.1) is 0 Å². The highest BCUT2D eigenvalue weighted by Crippen LogP contribution is 2.30. The summed E-state index contributed by atoms with van der Waals surface area (Å²) in [6.07, 6.45) is 4.25. The third-order valence-electron chi connectivity index (χ3n) is 5.73. The molecule has 26 heavy (non-hydrogen) atoms. The summed E-state index contributed by atoms with van der Waals surface area (Å²) in [6, 6.07) is 17.2. The van der Waals surface area contributed by atoms with Gasteiger partial charge < -0.3 is 9.88 Å². The maximum atomic E-state index is 12.1. The number of nitrogens with one attached hydrogen (secondary N) is 1. The van der Waals surface area contributed by atoms with Crippen molar-refractivity contribution in [3.05, 3.63) is 71.4 Å². The summed E-state index contributed by atoms with van der Waals surface area (Å²) in [5, 5.41) is 4.24. The Morgan fingerprint density at radius 2 is 2.00 bits per heavy atom. The first-order valence-electron chi connectivity index (χ1n) is 9.55. The molecular formula is C23H26N2O. The van der Waals surface area contributed by atoms with E-state index in [0.717, 1.165) is 31.5 Å². The topological polar surface area (TPSA) is 34.0 Å². The number of carbonyl (C=O) groups is 1. The number of rotatable bonds is 5. The first-order valence-corrected chi connectivity index (χ1v) is 9.55. The van der Waals surface area contributed by atoms with Crippen LogP contribution in [0.5, 0.6) is 0 Å². The van der Waals surface area contributed by atoms with Crippen LogP contribution >= 0.6 is 0 Å². The molecule has 0 saturated carbocycles. The fourth-order valence-corrected chi connectivity index (χ4v) is 4.09. The van der Waals surface area contributed by atoms with Crippen molar-refractivity contribution >= 4 is 16.8 Å². The number of nitrogens with zero attached hydrogens (tertiary/aromatic N) is 1. The molecule has 1 amide bonds. The normalized spacial score (nSPS) is 18.2. The third-order valence-corrected chi connectivity index (χ3v) is 5.73. The second-order valence-corrected chi connectivity index (χ2v) is 7.51. The first kappa shape index (κ1) is 16.9. The number of amides is 1. The molecule has 1 N–H and O–H groups in total. The predicted molar refractivity (Wildman–Crippen MR) is 107 cm³/mol. The Morgan fingerprint density at radius 1 is 1.19 bits per heavy atom. The average Bonchev–Trinajstić information content (AvgIpc) is 3.23. The van der Waals surface area contributed by atoms with Crippen LogP contribution in [-0.2, 0) is 11.3 Å². The van der Waals surface area contributed by atoms with E-state index in [0.29, 0.717) is 5.92 Å². The zero-order chi connectivity index (χ0) is 18.1. The molecule has 0 bridgehead atoms. The quantitative estimate of drug-likeness (QED) is 0.711. The zero-order valence-electron chi connectivity index (χ0n) is 15.5. The van der Waals surface area contributed by atoms with Crippen molar-refractivity contribution < 1.29 is 4.79 Å². The summed E-state index contributed by atoms with van der Waals surface area (Å²) in [5.74, 6) is 0.695. The molecule has 1 aliphatic rings. The minimum atomic E-state index is 0.00583. The maximum Gasteiger partial charge on any atom is 0.227 e. The molecule has 1 aliphatic heterocycles. The number of hydrogen-bond acceptors (Lipinski definition) is 1. The highest BCUT2D eigenvalue weighted by atomic mass is 16.2. The second-order valence-electron chi connectivity index (χ2n) is 7.51. The fraction of sp³-hybridized carbons (Fsp3) is 0.348. The van der Waals surface area contributed by atoms with E-state index in [2.05, 4.69) is 78.5 Å². The zero-order valence-corrected chi connectivity index (χ0v) is 15.5. The predicted octanol–water partition coefficient (Wildman–Crippen LogP) is 4.75. The summed E-state index contributed by atoms with van der Waals surface area (Å²) >= 11 is 0. The maximum absolute atomic E-state index is 12.1. The molecule has 2 unspecified atom stereocenters. The lowest BCUT2D eigenvalue weighted by Crippen LogP contribution is -2.17. The van der Waals surface area contributed by atoms with E-state index in [4.69, 9.17) is 0 Å². The summed E-state index contributed by atoms with van der Waals surface area (Å²) in [5.41, 5.74) is 5.08. The van der Waals surface area contributed by atoms with Gasteiger partial charge in [0.25, 0.3) is 0 Å². The number of benzene rings is 2. The minimum Gasteiger partial charge on any atom is -0.356 e. The molecule has 134 valence electrons. The molecule has 2 heterocycles. The fourth-order valence-electron chi connectivity index (χ4n) is 4.09. The van der Waals surface area contributed by atoms with Gasteiger partial charge in [-0.3, -0.25) is 4.79 Å². The summed E-state index contributed by atoms with van der Waals surface area (Å²) < 4.78 is 2.36. The molecule has 4 rings (SSSR count). The summed E-state index contributed by atoms with van der Waals surface area (Å²) in [7, 11) is 0. The molecule has 0 aliphatic carbocycles. The molecular weight excluding hydrogens is 320 g/mol. The van der Waals surface area contributed by atoms with Gasteiger partial charge >= 0.3 is 0 Å². The van der Waals surface area contributed by atoms with Crippen LogP contribution in [0.1, 0.15) is 48.3 Å². The first-order chi connectivity index (χ1) is 12.6. The van der Waals surface area contributed by atoms with Crippen molar-refractivity contribution in [3.8, 4) is 0 Å². The van der Waals surface area contributed by atoms with E-state index in [1.165, 1.54) is 22.0 Å². The van der Waals surface area contributed by atoms with Gasteiger partial charge in [-0.2, -0.15) is 0 Å². The molecule has 1 saturated heterocycles. The van der Waals surface area contributed by atoms with Crippen molar-refractivity contribution in [1.82, 2.24) is 9.88 Å². The van der Waals surface area contributed by atoms with Gasteiger partial charge in [-0.05, 0) is 48.4 Å². The molecule has 1 fully saturated rings. The number of carbonyl (C=O) groups excluding carboxylic acids is 1. The Balaban J connectivity index is 1.59. The molecule has 2 atom stereocenters. The number of fused-ring (bicyclic) bond motifs is 1. The third kappa shape index (κ3) is 3.14. The van der Waals surface area contributed by atoms with Crippen LogP contribution in [0.2, 0.25) is 0 Å². The van der Waals surface area contributed by atoms with Crippen molar-refractivity contribution in [2.45, 2.75) is 45.1 Å². The molecule has 0 radical (unpaired) electrons. The monoisotopic (exact) mass is 346 g/mol. The smallest absolute Gasteiger partial charge is 0.227 e. The van der Waals surface area contributed by atoms with Gasteiger partial charge in [0.2, 0.25) is 5.91 Å². The highest BCUT2D eigenvalue weighted by Gasteiger charge is 2.26. The van der Waals surface area contributed by atoms with Crippen LogP contribution in [0, 0.1) is 6.92 Å². The number of aryl methyl sites for hydroxylation is 2. The lowest BCUT2D eigenvalue weighted by atomic mass is 9.96. The Hall–Kier alpha value is -2.55. The Bertz CT molecular complexity index is 926. The Morgan fingerprint density at radius 3 is 2.73 bits per heavy atom. The van der Waals surface area contributed by atoms with E-state index in [-0.39, 0.29) is 11.8 Å². The van der Waals surface area contributed by atoms with E-state index >= 15 is 0 Å². The van der Waals surface area contributed by atoms with E-state index in [1.54, 1.807) is 0 Å². The Kier molecular flexibility index (Phi) is 4.54. The van der Waals surface area contributed by atoms with Crippen LogP contribution in [0.15, 0.2) is 54.7 Å². The van der Waals surface area contributed by atoms with Crippen LogP contribution in [0.3, 0.4) is 0 Å². The van der Waals surface area contributed by atoms with Crippen molar-refractivity contribution in [3.63, 3.8) is 0 Å². The van der Waals surface area contributed by atoms with Crippen molar-refractivity contribution in [2.24, 2.45) is 0 Å². The van der Waals surface area contributed by atoms with Gasteiger partial charge in [0.15, 0.2) is 0 Å². The SMILES string of the molecule is Cc1cn(CCC(C)c2ccccc2)c2cc(C3CCNC3=O)ccc12. The van der Waals surface area contributed by atoms with Crippen molar-refractivity contribution in [1.29, 1.82) is 0 Å². The van der Waals surface area contributed by atoms with Crippen LogP contribution in [0.25, 0.3) is 10.9 Å². The minimum absolute atomic E-state index is 0.00583. The molecule has 2 aromatic carbocycles. The van der Waals surface area contributed by atoms with E-state index in [1.807, 2.05) is 0 Å². The molecule has 1 aromatic heterocycles. The second kappa shape index (κ2) is 6.99. The Labute approximate surface area is 155 Å². The van der Waals surface area contributed by atoms with Crippen molar-refractivity contribution in [2.75, 3.05) is 6.54 Å². The largest absolute Gasteiger partial charge is 0.356 e. The van der Waals surface area contributed by atoms with Crippen LogP contribution in [0.4, 0.5) is 0 Å². The molecule has 3 heteroatoms. The number of hydrogen-bond donors (Lipinski definition) is 1. The molecule has 3 nitrogen and oxygen atoms in total. The average molecular weight is 346 g/mol. The van der Waals surface area contributed by atoms with Gasteiger partial charge in [0.1, 0.15) is 0 Å². The van der Waals surface area contributed by atoms with Gasteiger partial charge in [0.05, 0.1) is 5.92 Å². The van der Waals surface area contributed by atoms with E-state index < -0.39 is 0 Å². The standard InChI is InChI=1S/C23H26N2O/c1-16(18-6-4-3-5-7-18)11-13-25-15-17(2)20-9-8-19(14-22(20)25)21-10-12-24-23(21)26/h3-9,14-16,21H,10-13H2,1-2H3,(H,24,26). The van der Waals surface area contributed by atoms with Crippen LogP contribution in [-0.4, -0.2) is 17.0 Å². The molecule has 3 aromatic rings. The summed E-state index contributed by atoms with van der Waals surface area (Å²) in [4.78, 5) is 12.1.